The van der Waals surface area contributed by atoms with E-state index in [0.717, 1.165) is 17.0 Å². The maximum absolute atomic E-state index is 5.10. The second kappa shape index (κ2) is 5.25. The molecule has 0 aliphatic heterocycles. The number of aromatic nitrogens is 1. The van der Waals surface area contributed by atoms with Gasteiger partial charge >= 0.3 is 0 Å². The van der Waals surface area contributed by atoms with Crippen LogP contribution in [0.3, 0.4) is 0 Å². The van der Waals surface area contributed by atoms with Crippen LogP contribution in [0.5, 0.6) is 5.75 Å². The monoisotopic (exact) mass is 227 g/mol. The molecule has 0 fully saturated rings. The molecule has 1 heterocycles. The number of rotatable bonds is 3. The lowest BCUT2D eigenvalue weighted by Crippen LogP contribution is -2.30. The molecule has 0 radical (unpaired) electrons. The number of hydrogen-bond donors (Lipinski definition) is 0. The van der Waals surface area contributed by atoms with Crippen molar-refractivity contribution in [2.75, 3.05) is 7.11 Å². The van der Waals surface area contributed by atoms with Crippen LogP contribution in [0.4, 0.5) is 0 Å². The van der Waals surface area contributed by atoms with E-state index in [1.807, 2.05) is 66.5 Å². The van der Waals surface area contributed by atoms with E-state index in [1.54, 1.807) is 7.11 Å². The number of hydrogen-bond acceptors (Lipinski definition) is 2. The van der Waals surface area contributed by atoms with Crippen molar-refractivity contribution < 1.29 is 9.41 Å². The van der Waals surface area contributed by atoms with Gasteiger partial charge in [-0.15, -0.1) is 0 Å². The van der Waals surface area contributed by atoms with Gasteiger partial charge in [0.05, 0.1) is 7.11 Å². The van der Waals surface area contributed by atoms with Crippen molar-refractivity contribution >= 4 is 6.21 Å². The minimum absolute atomic E-state index is 0.852. The zero-order chi connectivity index (χ0) is 12.1. The van der Waals surface area contributed by atoms with Crippen LogP contribution in [0.2, 0.25) is 0 Å². The summed E-state index contributed by atoms with van der Waals surface area (Å²) in [7, 11) is 1.66. The molecule has 3 heteroatoms. The Hall–Kier alpha value is -2.16. The van der Waals surface area contributed by atoms with Gasteiger partial charge in [-0.3, -0.25) is 0 Å². The SMILES string of the molecule is COc1ccc(/C=N/[n+]2ccccc2C)cc1. The van der Waals surface area contributed by atoms with E-state index in [4.69, 9.17) is 4.74 Å². The topological polar surface area (TPSA) is 25.5 Å². The van der Waals surface area contributed by atoms with Crippen molar-refractivity contribution in [1.29, 1.82) is 0 Å². The van der Waals surface area contributed by atoms with Crippen LogP contribution in [0.25, 0.3) is 0 Å². The Morgan fingerprint density at radius 3 is 2.53 bits per heavy atom. The molecule has 0 saturated carbocycles. The predicted molar refractivity (Wildman–Crippen MR) is 67.4 cm³/mol. The molecule has 0 unspecified atom stereocenters. The number of methoxy groups -OCH3 is 1. The van der Waals surface area contributed by atoms with Gasteiger partial charge < -0.3 is 4.74 Å². The fraction of sp³-hybridized carbons (Fsp3) is 0.143. The van der Waals surface area contributed by atoms with Gasteiger partial charge in [-0.25, -0.2) is 0 Å². The van der Waals surface area contributed by atoms with Crippen LogP contribution < -0.4 is 9.41 Å². The zero-order valence-corrected chi connectivity index (χ0v) is 10.00. The second-order valence-electron chi connectivity index (χ2n) is 3.70. The summed E-state index contributed by atoms with van der Waals surface area (Å²) in [6, 6.07) is 13.8. The number of ether oxygens (including phenoxy) is 1. The summed E-state index contributed by atoms with van der Waals surface area (Å²) in [6.45, 7) is 2.02. The molecule has 86 valence electrons. The van der Waals surface area contributed by atoms with Gasteiger partial charge in [0.1, 0.15) is 12.0 Å². The Morgan fingerprint density at radius 2 is 1.88 bits per heavy atom. The molecule has 17 heavy (non-hydrogen) atoms. The lowest BCUT2D eigenvalue weighted by atomic mass is 10.2. The summed E-state index contributed by atoms with van der Waals surface area (Å²) in [5.41, 5.74) is 2.14. The third-order valence-electron chi connectivity index (χ3n) is 2.48. The van der Waals surface area contributed by atoms with E-state index in [1.165, 1.54) is 0 Å². The molecule has 0 N–H and O–H groups in total. The highest BCUT2D eigenvalue weighted by Crippen LogP contribution is 2.09. The van der Waals surface area contributed by atoms with Crippen molar-refractivity contribution in [1.82, 2.24) is 0 Å². The second-order valence-corrected chi connectivity index (χ2v) is 3.70. The molecule has 2 aromatic rings. The lowest BCUT2D eigenvalue weighted by Gasteiger charge is -1.97. The Kier molecular flexibility index (Phi) is 3.50. The number of aryl methyl sites for hydroxylation is 1. The van der Waals surface area contributed by atoms with Crippen molar-refractivity contribution in [3.05, 3.63) is 59.9 Å². The summed E-state index contributed by atoms with van der Waals surface area (Å²) >= 11 is 0. The van der Waals surface area contributed by atoms with Crippen molar-refractivity contribution in [2.24, 2.45) is 5.10 Å². The van der Waals surface area contributed by atoms with Gasteiger partial charge in [0, 0.05) is 19.1 Å². The standard InChI is InChI=1S/C14H15N2O/c1-12-5-3-4-10-16(12)15-11-13-6-8-14(17-2)9-7-13/h3-11H,1-2H3/q+1/b15-11+. The van der Waals surface area contributed by atoms with Crippen LogP contribution in [0, 0.1) is 6.92 Å². The van der Waals surface area contributed by atoms with Gasteiger partial charge in [-0.1, -0.05) is 4.68 Å². The first-order valence-electron chi connectivity index (χ1n) is 5.45. The molecule has 0 saturated heterocycles. The van der Waals surface area contributed by atoms with Gasteiger partial charge in [0.25, 0.3) is 0 Å². The molecule has 0 spiro atoms. The molecule has 0 aliphatic rings. The normalized spacial score (nSPS) is 10.7. The number of pyridine rings is 1. The maximum Gasteiger partial charge on any atom is 0.211 e. The van der Waals surface area contributed by atoms with Crippen molar-refractivity contribution in [2.45, 2.75) is 6.92 Å². The summed E-state index contributed by atoms with van der Waals surface area (Å²) in [4.78, 5) is 0. The first-order chi connectivity index (χ1) is 8.29. The van der Waals surface area contributed by atoms with Crippen molar-refractivity contribution in [3.63, 3.8) is 0 Å². The highest BCUT2D eigenvalue weighted by molar-refractivity contribution is 5.79. The Bertz CT molecular complexity index is 518. The van der Waals surface area contributed by atoms with Gasteiger partial charge in [-0.2, -0.15) is 0 Å². The zero-order valence-electron chi connectivity index (χ0n) is 10.00. The summed E-state index contributed by atoms with van der Waals surface area (Å²) < 4.78 is 6.94. The Labute approximate surface area is 101 Å². The molecular weight excluding hydrogens is 212 g/mol. The third kappa shape index (κ3) is 2.91. The average molecular weight is 227 g/mol. The fourth-order valence-electron chi connectivity index (χ4n) is 1.47. The molecule has 0 atom stereocenters. The molecule has 1 aromatic carbocycles. The summed E-state index contributed by atoms with van der Waals surface area (Å²) in [6.07, 6.45) is 3.75. The van der Waals surface area contributed by atoms with Crippen LogP contribution in [-0.4, -0.2) is 13.3 Å². The molecule has 0 amide bonds. The fourth-order valence-corrected chi connectivity index (χ4v) is 1.47. The Balaban J connectivity index is 2.17. The molecule has 1 aromatic heterocycles. The van der Waals surface area contributed by atoms with Crippen LogP contribution >= 0.6 is 0 Å². The van der Waals surface area contributed by atoms with E-state index in [2.05, 4.69) is 5.10 Å². The average Bonchev–Trinajstić information content (AvgIpc) is 2.38. The van der Waals surface area contributed by atoms with Gasteiger partial charge in [0.15, 0.2) is 0 Å². The minimum Gasteiger partial charge on any atom is -0.497 e. The van der Waals surface area contributed by atoms with Gasteiger partial charge in [0.2, 0.25) is 11.9 Å². The van der Waals surface area contributed by atoms with E-state index in [9.17, 15) is 0 Å². The summed E-state index contributed by atoms with van der Waals surface area (Å²) in [5.74, 6) is 0.852. The molecule has 2 rings (SSSR count). The first-order valence-corrected chi connectivity index (χ1v) is 5.45. The molecular formula is C14H15N2O+. The molecule has 3 nitrogen and oxygen atoms in total. The minimum atomic E-state index is 0.852. The number of benzene rings is 1. The van der Waals surface area contributed by atoms with Gasteiger partial charge in [-0.05, 0) is 41.0 Å². The highest BCUT2D eigenvalue weighted by atomic mass is 16.5. The van der Waals surface area contributed by atoms with E-state index >= 15 is 0 Å². The smallest absolute Gasteiger partial charge is 0.211 e. The highest BCUT2D eigenvalue weighted by Gasteiger charge is 2.00. The van der Waals surface area contributed by atoms with Crippen LogP contribution in [-0.2, 0) is 0 Å². The largest absolute Gasteiger partial charge is 0.497 e. The molecule has 0 bridgehead atoms. The van der Waals surface area contributed by atoms with Crippen LogP contribution in [0.1, 0.15) is 11.3 Å². The Morgan fingerprint density at radius 1 is 1.12 bits per heavy atom. The van der Waals surface area contributed by atoms with Crippen LogP contribution in [0.15, 0.2) is 53.8 Å². The number of nitrogens with zero attached hydrogens (tertiary/aromatic N) is 2. The van der Waals surface area contributed by atoms with E-state index in [0.29, 0.717) is 0 Å². The third-order valence-corrected chi connectivity index (χ3v) is 2.48. The maximum atomic E-state index is 5.10. The quantitative estimate of drug-likeness (QED) is 0.583. The van der Waals surface area contributed by atoms with E-state index in [-0.39, 0.29) is 0 Å². The molecule has 0 aliphatic carbocycles. The van der Waals surface area contributed by atoms with Crippen molar-refractivity contribution in [3.8, 4) is 5.75 Å². The summed E-state index contributed by atoms with van der Waals surface area (Å²) in [5, 5.41) is 4.38. The van der Waals surface area contributed by atoms with E-state index < -0.39 is 0 Å². The predicted octanol–water partition coefficient (Wildman–Crippen LogP) is 2.17. The first kappa shape index (κ1) is 11.3. The lowest BCUT2D eigenvalue weighted by molar-refractivity contribution is -0.684.